The lowest BCUT2D eigenvalue weighted by Crippen LogP contribution is -2.01. The Morgan fingerprint density at radius 1 is 1.03 bits per heavy atom. The third-order valence-corrected chi connectivity index (χ3v) is 4.46. The Morgan fingerprint density at radius 2 is 1.97 bits per heavy atom. The molecule has 8 nitrogen and oxygen atoms in total. The summed E-state index contributed by atoms with van der Waals surface area (Å²) in [6.45, 7) is 1.65. The molecule has 0 saturated carbocycles. The van der Waals surface area contributed by atoms with Gasteiger partial charge in [0.25, 0.3) is 0 Å². The summed E-state index contributed by atoms with van der Waals surface area (Å²) in [7, 11) is 0. The number of rotatable bonds is 4. The van der Waals surface area contributed by atoms with Crippen LogP contribution in [0.3, 0.4) is 0 Å². The van der Waals surface area contributed by atoms with E-state index in [1.807, 2.05) is 6.07 Å². The van der Waals surface area contributed by atoms with Gasteiger partial charge in [0.05, 0.1) is 11.2 Å². The number of hydrogen-bond acceptors (Lipinski definition) is 7. The van der Waals surface area contributed by atoms with Crippen LogP contribution in [-0.2, 0) is 0 Å². The Balaban J connectivity index is 1.46. The second-order valence-corrected chi connectivity index (χ2v) is 6.30. The van der Waals surface area contributed by atoms with Crippen molar-refractivity contribution in [1.29, 1.82) is 0 Å². The molecule has 0 bridgehead atoms. The van der Waals surface area contributed by atoms with Gasteiger partial charge in [0.1, 0.15) is 29.7 Å². The smallest absolute Gasteiger partial charge is 0.160 e. The number of halogens is 1. The molecular weight excluding hydrogens is 373 g/mol. The number of nitrogens with zero attached hydrogens (tertiary/aromatic N) is 6. The fourth-order valence-corrected chi connectivity index (χ4v) is 2.97. The fourth-order valence-electron chi connectivity index (χ4n) is 2.97. The first-order chi connectivity index (χ1) is 14.2. The second-order valence-electron chi connectivity index (χ2n) is 6.30. The van der Waals surface area contributed by atoms with E-state index in [2.05, 4.69) is 30.4 Å². The van der Waals surface area contributed by atoms with Crippen LogP contribution in [-0.4, -0.2) is 29.5 Å². The van der Waals surface area contributed by atoms with Crippen molar-refractivity contribution >= 4 is 28.2 Å². The van der Waals surface area contributed by atoms with Crippen LogP contribution in [0.2, 0.25) is 0 Å². The molecule has 1 aromatic carbocycles. The van der Waals surface area contributed by atoms with Gasteiger partial charge in [0.2, 0.25) is 0 Å². The first kappa shape index (κ1) is 17.0. The number of fused-ring (bicyclic) bond motifs is 2. The highest BCUT2D eigenvalue weighted by atomic mass is 19.1. The summed E-state index contributed by atoms with van der Waals surface area (Å²) in [5.41, 5.74) is 2.51. The lowest BCUT2D eigenvalue weighted by atomic mass is 10.1. The predicted molar refractivity (Wildman–Crippen MR) is 105 cm³/mol. The highest BCUT2D eigenvalue weighted by molar-refractivity contribution is 5.86. The van der Waals surface area contributed by atoms with E-state index < -0.39 is 5.82 Å². The van der Waals surface area contributed by atoms with Crippen LogP contribution < -0.4 is 10.1 Å². The number of ether oxygens (including phenoxy) is 1. The number of hydrogen-bond donors (Lipinski definition) is 1. The Morgan fingerprint density at radius 3 is 2.90 bits per heavy atom. The maximum Gasteiger partial charge on any atom is 0.160 e. The molecule has 29 heavy (non-hydrogen) atoms. The fraction of sp³-hybridized carbons (Fsp3) is 0.0500. The molecule has 0 aliphatic carbocycles. The van der Waals surface area contributed by atoms with Gasteiger partial charge in [-0.15, -0.1) is 0 Å². The van der Waals surface area contributed by atoms with E-state index in [-0.39, 0.29) is 5.69 Å². The molecule has 4 heterocycles. The number of benzene rings is 1. The summed E-state index contributed by atoms with van der Waals surface area (Å²) in [4.78, 5) is 16.7. The van der Waals surface area contributed by atoms with E-state index in [4.69, 9.17) is 4.74 Å². The largest absolute Gasteiger partial charge is 0.457 e. The molecular formula is C20H14FN7O. The van der Waals surface area contributed by atoms with Gasteiger partial charge in [0, 0.05) is 24.0 Å². The monoisotopic (exact) mass is 387 g/mol. The molecule has 4 aromatic heterocycles. The van der Waals surface area contributed by atoms with E-state index in [1.54, 1.807) is 54.2 Å². The van der Waals surface area contributed by atoms with E-state index in [9.17, 15) is 0 Å². The first-order valence-electron chi connectivity index (χ1n) is 8.78. The molecule has 0 aliphatic rings. The van der Waals surface area contributed by atoms with Crippen molar-refractivity contribution in [1.82, 2.24) is 29.5 Å². The van der Waals surface area contributed by atoms with Crippen LogP contribution >= 0.6 is 0 Å². The van der Waals surface area contributed by atoms with Crippen molar-refractivity contribution < 1.29 is 9.13 Å². The van der Waals surface area contributed by atoms with Crippen LogP contribution in [0.25, 0.3) is 16.7 Å². The lowest BCUT2D eigenvalue weighted by Gasteiger charge is -2.13. The zero-order chi connectivity index (χ0) is 19.8. The van der Waals surface area contributed by atoms with E-state index in [1.165, 1.54) is 12.7 Å². The summed E-state index contributed by atoms with van der Waals surface area (Å²) < 4.78 is 22.5. The molecule has 5 aromatic rings. The standard InChI is InChI=1S/C20H14FN7O/c1-12-16(29-13-6-8-28-17(9-13)24-11-26-28)5-4-14(18(12)21)27-20-19-15(23-10-25-20)3-2-7-22-19/h2-11H,1H3,(H,23,25,27). The lowest BCUT2D eigenvalue weighted by molar-refractivity contribution is 0.471. The quantitative estimate of drug-likeness (QED) is 0.497. The molecule has 0 unspecified atom stereocenters. The molecule has 0 spiro atoms. The van der Waals surface area contributed by atoms with Crippen LogP contribution in [0.15, 0.2) is 61.4 Å². The van der Waals surface area contributed by atoms with Gasteiger partial charge in [-0.1, -0.05) is 0 Å². The SMILES string of the molecule is Cc1c(Oc2ccn3ncnc3c2)ccc(Nc2ncnc3cccnc23)c1F. The highest BCUT2D eigenvalue weighted by Gasteiger charge is 2.14. The molecule has 9 heteroatoms. The molecule has 142 valence electrons. The minimum atomic E-state index is -0.436. The van der Waals surface area contributed by atoms with Gasteiger partial charge in [0.15, 0.2) is 17.3 Å². The van der Waals surface area contributed by atoms with E-state index >= 15 is 4.39 Å². The van der Waals surface area contributed by atoms with Crippen molar-refractivity contribution in [2.24, 2.45) is 0 Å². The maximum atomic E-state index is 15.0. The summed E-state index contributed by atoms with van der Waals surface area (Å²) in [6.07, 6.45) is 6.24. The van der Waals surface area contributed by atoms with Gasteiger partial charge in [-0.2, -0.15) is 5.10 Å². The summed E-state index contributed by atoms with van der Waals surface area (Å²) in [5, 5.41) is 7.04. The van der Waals surface area contributed by atoms with Crippen molar-refractivity contribution in [2.75, 3.05) is 5.32 Å². The van der Waals surface area contributed by atoms with Gasteiger partial charge in [-0.3, -0.25) is 4.98 Å². The second kappa shape index (κ2) is 6.79. The topological polar surface area (TPSA) is 90.1 Å². The van der Waals surface area contributed by atoms with Gasteiger partial charge >= 0.3 is 0 Å². The van der Waals surface area contributed by atoms with Crippen LogP contribution in [0.4, 0.5) is 15.9 Å². The normalized spacial score (nSPS) is 11.1. The predicted octanol–water partition coefficient (Wildman–Crippen LogP) is 4.05. The van der Waals surface area contributed by atoms with Crippen LogP contribution in [0.5, 0.6) is 11.5 Å². The average Bonchev–Trinajstić information content (AvgIpc) is 3.21. The molecule has 0 amide bonds. The van der Waals surface area contributed by atoms with Crippen molar-refractivity contribution in [3.63, 3.8) is 0 Å². The Bertz CT molecular complexity index is 1350. The van der Waals surface area contributed by atoms with Crippen LogP contribution in [0, 0.1) is 12.7 Å². The van der Waals surface area contributed by atoms with E-state index in [0.29, 0.717) is 39.6 Å². The Labute approximate surface area is 164 Å². The number of nitrogens with one attached hydrogen (secondary N) is 1. The van der Waals surface area contributed by atoms with Gasteiger partial charge < -0.3 is 10.1 Å². The molecule has 0 atom stereocenters. The van der Waals surface area contributed by atoms with E-state index in [0.717, 1.165) is 0 Å². The third-order valence-electron chi connectivity index (χ3n) is 4.46. The van der Waals surface area contributed by atoms with Crippen molar-refractivity contribution in [3.05, 3.63) is 72.8 Å². The minimum absolute atomic E-state index is 0.272. The third kappa shape index (κ3) is 3.08. The summed E-state index contributed by atoms with van der Waals surface area (Å²) in [6, 6.07) is 10.4. The summed E-state index contributed by atoms with van der Waals surface area (Å²) >= 11 is 0. The molecule has 1 N–H and O–H groups in total. The zero-order valence-corrected chi connectivity index (χ0v) is 15.2. The number of anilines is 2. The molecule has 0 saturated heterocycles. The van der Waals surface area contributed by atoms with Gasteiger partial charge in [-0.05, 0) is 37.3 Å². The molecule has 5 rings (SSSR count). The average molecular weight is 387 g/mol. The van der Waals surface area contributed by atoms with Crippen molar-refractivity contribution in [2.45, 2.75) is 6.92 Å². The minimum Gasteiger partial charge on any atom is -0.457 e. The molecule has 0 fully saturated rings. The van der Waals surface area contributed by atoms with Crippen molar-refractivity contribution in [3.8, 4) is 11.5 Å². The number of pyridine rings is 2. The highest BCUT2D eigenvalue weighted by Crippen LogP contribution is 2.32. The maximum absolute atomic E-state index is 15.0. The number of aromatic nitrogens is 6. The van der Waals surface area contributed by atoms with Gasteiger partial charge in [-0.25, -0.2) is 23.9 Å². The molecule has 0 radical (unpaired) electrons. The zero-order valence-electron chi connectivity index (χ0n) is 15.2. The van der Waals surface area contributed by atoms with Crippen LogP contribution in [0.1, 0.15) is 5.56 Å². The first-order valence-corrected chi connectivity index (χ1v) is 8.78. The Kier molecular flexibility index (Phi) is 3.98. The Hall–Kier alpha value is -4.14. The summed E-state index contributed by atoms with van der Waals surface area (Å²) in [5.74, 6) is 0.941. The molecule has 0 aliphatic heterocycles.